The van der Waals surface area contributed by atoms with Crippen molar-refractivity contribution in [3.63, 3.8) is 0 Å². The molecule has 0 heterocycles. The number of hydrogen-bond donors (Lipinski definition) is 1. The molecule has 0 bridgehead atoms. The molecule has 6 heteroatoms. The lowest BCUT2D eigenvalue weighted by atomic mass is 10.1. The highest BCUT2D eigenvalue weighted by Gasteiger charge is 2.05. The Kier molecular flexibility index (Phi) is 15.2. The summed E-state index contributed by atoms with van der Waals surface area (Å²) in [4.78, 5) is 21.6. The highest BCUT2D eigenvalue weighted by Crippen LogP contribution is 2.01. The molecule has 0 aromatic heterocycles. The van der Waals surface area contributed by atoms with Gasteiger partial charge in [0.05, 0.1) is 19.6 Å². The second-order valence-corrected chi connectivity index (χ2v) is 5.24. The lowest BCUT2D eigenvalue weighted by Gasteiger charge is -2.05. The average Bonchev–Trinajstić information content (AvgIpc) is 2.46. The number of carboxylic acids is 1. The minimum absolute atomic E-state index is 0.0193. The van der Waals surface area contributed by atoms with E-state index in [-0.39, 0.29) is 18.6 Å². The molecule has 0 aliphatic rings. The summed E-state index contributed by atoms with van der Waals surface area (Å²) in [6, 6.07) is 0. The second kappa shape index (κ2) is 15.7. The predicted molar refractivity (Wildman–Crippen MR) is 81.9 cm³/mol. The van der Waals surface area contributed by atoms with Gasteiger partial charge in [0.1, 0.15) is 5.78 Å². The van der Waals surface area contributed by atoms with Gasteiger partial charge < -0.3 is 14.6 Å². The topological polar surface area (TPSA) is 72.8 Å². The zero-order valence-electron chi connectivity index (χ0n) is 12.7. The van der Waals surface area contributed by atoms with Crippen LogP contribution in [-0.4, -0.2) is 49.2 Å². The Morgan fingerprint density at radius 2 is 1.38 bits per heavy atom. The Balaban J connectivity index is 3.12. The van der Waals surface area contributed by atoms with Gasteiger partial charge in [-0.3, -0.25) is 9.59 Å². The molecule has 0 unspecified atom stereocenters. The van der Waals surface area contributed by atoms with Crippen molar-refractivity contribution < 1.29 is 24.2 Å². The average molecular weight is 323 g/mol. The predicted octanol–water partition coefficient (Wildman–Crippen LogP) is 3.03. The van der Waals surface area contributed by atoms with Gasteiger partial charge in [-0.1, -0.05) is 12.8 Å². The molecule has 21 heavy (non-hydrogen) atoms. The number of hydrogen-bond acceptors (Lipinski definition) is 4. The minimum Gasteiger partial charge on any atom is -0.481 e. The molecule has 0 aliphatic carbocycles. The van der Waals surface area contributed by atoms with E-state index in [2.05, 4.69) is 0 Å². The number of carboxylic acid groups (broad SMARTS) is 1. The van der Waals surface area contributed by atoms with Crippen LogP contribution < -0.4 is 0 Å². The van der Waals surface area contributed by atoms with Crippen molar-refractivity contribution in [2.45, 2.75) is 51.4 Å². The summed E-state index contributed by atoms with van der Waals surface area (Å²) in [5.41, 5.74) is 0. The van der Waals surface area contributed by atoms with Crippen LogP contribution in [0.25, 0.3) is 0 Å². The minimum atomic E-state index is -0.931. The van der Waals surface area contributed by atoms with Gasteiger partial charge in [0.2, 0.25) is 0 Å². The zero-order chi connectivity index (χ0) is 15.8. The van der Waals surface area contributed by atoms with Gasteiger partial charge in [-0.05, 0) is 19.3 Å². The number of ether oxygens (including phenoxy) is 2. The van der Waals surface area contributed by atoms with Crippen LogP contribution in [0.5, 0.6) is 0 Å². The van der Waals surface area contributed by atoms with Crippen molar-refractivity contribution >= 4 is 23.4 Å². The van der Waals surface area contributed by atoms with Gasteiger partial charge in [0.25, 0.3) is 0 Å². The number of halogens is 1. The summed E-state index contributed by atoms with van der Waals surface area (Å²) in [7, 11) is 0. The number of ketones is 1. The molecule has 0 atom stereocenters. The fraction of sp³-hybridized carbons (Fsp3) is 0.867. The fourth-order valence-electron chi connectivity index (χ4n) is 1.72. The lowest BCUT2D eigenvalue weighted by molar-refractivity contribution is -0.138. The molecule has 0 aromatic rings. The number of rotatable bonds is 16. The van der Waals surface area contributed by atoms with Gasteiger partial charge in [0.15, 0.2) is 0 Å². The largest absolute Gasteiger partial charge is 0.481 e. The number of unbranched alkanes of at least 4 members (excludes halogenated alkanes) is 3. The number of carbonyl (C=O) groups excluding carboxylic acids is 1. The van der Waals surface area contributed by atoms with Crippen molar-refractivity contribution in [3.05, 3.63) is 0 Å². The lowest BCUT2D eigenvalue weighted by Crippen LogP contribution is -2.08. The third-order valence-corrected chi connectivity index (χ3v) is 3.17. The molecule has 0 spiro atoms. The number of carbonyl (C=O) groups is 2. The Bertz CT molecular complexity index is 271. The molecule has 0 amide bonds. The van der Waals surface area contributed by atoms with E-state index >= 15 is 0 Å². The van der Waals surface area contributed by atoms with Gasteiger partial charge in [-0.2, -0.15) is 0 Å². The molecule has 0 radical (unpaired) electrons. The highest BCUT2D eigenvalue weighted by molar-refractivity contribution is 6.17. The standard InChI is InChI=1S/C15H27ClO5/c16-9-3-1-2-4-10-20-12-13-21-11-5-6-14(17)7-8-15(18)19/h1-13H2,(H,18,19). The van der Waals surface area contributed by atoms with Crippen LogP contribution in [0.2, 0.25) is 0 Å². The van der Waals surface area contributed by atoms with E-state index < -0.39 is 5.97 Å². The Morgan fingerprint density at radius 1 is 0.762 bits per heavy atom. The molecule has 0 saturated carbocycles. The van der Waals surface area contributed by atoms with Crippen LogP contribution >= 0.6 is 11.6 Å². The van der Waals surface area contributed by atoms with E-state index in [1.165, 1.54) is 0 Å². The SMILES string of the molecule is O=C(O)CCC(=O)CCCOCCOCCCCCCCl. The van der Waals surface area contributed by atoms with Crippen LogP contribution in [0.15, 0.2) is 0 Å². The van der Waals surface area contributed by atoms with E-state index in [0.29, 0.717) is 32.7 Å². The molecule has 0 saturated heterocycles. The molecule has 0 aromatic carbocycles. The van der Waals surface area contributed by atoms with E-state index in [4.69, 9.17) is 26.2 Å². The second-order valence-electron chi connectivity index (χ2n) is 4.86. The molecular formula is C15H27ClO5. The van der Waals surface area contributed by atoms with Crippen LogP contribution in [0, 0.1) is 0 Å². The molecule has 0 aliphatic heterocycles. The van der Waals surface area contributed by atoms with Gasteiger partial charge in [0, 0.05) is 31.9 Å². The molecule has 0 fully saturated rings. The van der Waals surface area contributed by atoms with Crippen LogP contribution in [-0.2, 0) is 19.1 Å². The summed E-state index contributed by atoms with van der Waals surface area (Å²) in [5.74, 6) is -0.221. The zero-order valence-corrected chi connectivity index (χ0v) is 13.4. The first-order valence-electron chi connectivity index (χ1n) is 7.61. The first-order valence-corrected chi connectivity index (χ1v) is 8.15. The normalized spacial score (nSPS) is 10.7. The first kappa shape index (κ1) is 20.3. The maximum absolute atomic E-state index is 11.3. The monoisotopic (exact) mass is 322 g/mol. The van der Waals surface area contributed by atoms with Crippen LogP contribution in [0.1, 0.15) is 51.4 Å². The third kappa shape index (κ3) is 17.3. The van der Waals surface area contributed by atoms with Gasteiger partial charge >= 0.3 is 5.97 Å². The summed E-state index contributed by atoms with van der Waals surface area (Å²) >= 11 is 5.58. The summed E-state index contributed by atoms with van der Waals surface area (Å²) in [6.07, 6.45) is 5.46. The van der Waals surface area contributed by atoms with Crippen molar-refractivity contribution in [1.29, 1.82) is 0 Å². The molecule has 1 N–H and O–H groups in total. The van der Waals surface area contributed by atoms with E-state index in [1.807, 2.05) is 0 Å². The van der Waals surface area contributed by atoms with Gasteiger partial charge in [-0.15, -0.1) is 11.6 Å². The molecular weight excluding hydrogens is 296 g/mol. The smallest absolute Gasteiger partial charge is 0.303 e. The Morgan fingerprint density at radius 3 is 2.00 bits per heavy atom. The van der Waals surface area contributed by atoms with Crippen LogP contribution in [0.4, 0.5) is 0 Å². The number of alkyl halides is 1. The van der Waals surface area contributed by atoms with Crippen LogP contribution in [0.3, 0.4) is 0 Å². The quantitative estimate of drug-likeness (QED) is 0.349. The highest BCUT2D eigenvalue weighted by atomic mass is 35.5. The van der Waals surface area contributed by atoms with Crippen molar-refractivity contribution in [1.82, 2.24) is 0 Å². The summed E-state index contributed by atoms with van der Waals surface area (Å²) in [5, 5.41) is 8.44. The Labute approximate surface area is 131 Å². The number of aliphatic carboxylic acids is 1. The van der Waals surface area contributed by atoms with Crippen molar-refractivity contribution in [2.75, 3.05) is 32.3 Å². The Hall–Kier alpha value is -0.650. The maximum Gasteiger partial charge on any atom is 0.303 e. The first-order chi connectivity index (χ1) is 10.2. The van der Waals surface area contributed by atoms with Crippen molar-refractivity contribution in [3.8, 4) is 0 Å². The fourth-order valence-corrected chi connectivity index (χ4v) is 1.91. The third-order valence-electron chi connectivity index (χ3n) is 2.91. The summed E-state index contributed by atoms with van der Waals surface area (Å²) < 4.78 is 10.8. The van der Waals surface area contributed by atoms with E-state index in [9.17, 15) is 9.59 Å². The molecule has 124 valence electrons. The van der Waals surface area contributed by atoms with Gasteiger partial charge in [-0.25, -0.2) is 0 Å². The summed E-state index contributed by atoms with van der Waals surface area (Å²) in [6.45, 7) is 2.37. The number of Topliss-reactive ketones (excluding diaryl/α,β-unsaturated/α-hetero) is 1. The van der Waals surface area contributed by atoms with Crippen molar-refractivity contribution in [2.24, 2.45) is 0 Å². The maximum atomic E-state index is 11.3. The molecule has 0 rings (SSSR count). The van der Waals surface area contributed by atoms with E-state index in [0.717, 1.165) is 38.2 Å². The van der Waals surface area contributed by atoms with E-state index in [1.54, 1.807) is 0 Å². The molecule has 5 nitrogen and oxygen atoms in total.